The molecule has 1 aromatic rings. The minimum atomic E-state index is -0.764. The van der Waals surface area contributed by atoms with Gasteiger partial charge in [-0.05, 0) is 31.5 Å². The Kier molecular flexibility index (Phi) is 3.11. The second kappa shape index (κ2) is 3.94. The van der Waals surface area contributed by atoms with Crippen LogP contribution in [0.2, 0.25) is 0 Å². The Bertz CT molecular complexity index is 261. The zero-order valence-corrected chi connectivity index (χ0v) is 10.4. The lowest BCUT2D eigenvalue weighted by atomic mass is 9.99. The first kappa shape index (κ1) is 10.3. The molecule has 0 atom stereocenters. The highest BCUT2D eigenvalue weighted by Gasteiger charge is 2.14. The molecular weight excluding hydrogens is 180 g/mol. The Balaban J connectivity index is 2.81. The molecular formula is C10H16O2Si. The van der Waals surface area contributed by atoms with E-state index in [1.54, 1.807) is 13.8 Å². The molecule has 1 aromatic carbocycles. The number of aliphatic hydroxyl groups is 1. The number of hydrogen-bond acceptors (Lipinski definition) is 2. The van der Waals surface area contributed by atoms with Gasteiger partial charge in [0.2, 0.25) is 0 Å². The zero-order valence-electron chi connectivity index (χ0n) is 8.37. The summed E-state index contributed by atoms with van der Waals surface area (Å²) in [5.74, 6) is 0.878. The molecule has 0 heterocycles. The molecule has 13 heavy (non-hydrogen) atoms. The van der Waals surface area contributed by atoms with Gasteiger partial charge in [0, 0.05) is 0 Å². The number of hydrogen-bond donors (Lipinski definition) is 1. The van der Waals surface area contributed by atoms with Crippen molar-refractivity contribution in [1.29, 1.82) is 0 Å². The van der Waals surface area contributed by atoms with E-state index in [9.17, 15) is 5.11 Å². The fourth-order valence-electron chi connectivity index (χ4n) is 1.13. The summed E-state index contributed by atoms with van der Waals surface area (Å²) in [4.78, 5) is 0. The molecule has 0 saturated heterocycles. The van der Waals surface area contributed by atoms with E-state index in [4.69, 9.17) is 4.74 Å². The quantitative estimate of drug-likeness (QED) is 0.718. The van der Waals surface area contributed by atoms with E-state index in [1.807, 2.05) is 24.3 Å². The Hall–Kier alpha value is -0.803. The molecule has 0 unspecified atom stereocenters. The molecule has 0 aliphatic rings. The third kappa shape index (κ3) is 2.86. The van der Waals surface area contributed by atoms with Gasteiger partial charge in [-0.25, -0.2) is 0 Å². The van der Waals surface area contributed by atoms with Crippen LogP contribution in [0.5, 0.6) is 5.75 Å². The fourth-order valence-corrected chi connectivity index (χ4v) is 1.46. The second-order valence-electron chi connectivity index (χ2n) is 3.52. The van der Waals surface area contributed by atoms with Crippen LogP contribution in [0.1, 0.15) is 19.4 Å². The number of benzene rings is 1. The maximum atomic E-state index is 9.68. The second-order valence-corrected chi connectivity index (χ2v) is 4.09. The first-order valence-electron chi connectivity index (χ1n) is 4.49. The van der Waals surface area contributed by atoms with Crippen LogP contribution in [0.15, 0.2) is 24.3 Å². The minimum Gasteiger partial charge on any atom is -0.498 e. The van der Waals surface area contributed by atoms with Gasteiger partial charge < -0.3 is 9.84 Å². The van der Waals surface area contributed by atoms with Crippen molar-refractivity contribution in [2.45, 2.75) is 19.4 Å². The van der Waals surface area contributed by atoms with Crippen LogP contribution >= 0.6 is 0 Å². The van der Waals surface area contributed by atoms with E-state index < -0.39 is 5.60 Å². The van der Waals surface area contributed by atoms with Crippen molar-refractivity contribution in [2.24, 2.45) is 0 Å². The van der Waals surface area contributed by atoms with Crippen molar-refractivity contribution in [3.63, 3.8) is 0 Å². The molecule has 0 bridgehead atoms. The molecule has 0 amide bonds. The van der Waals surface area contributed by atoms with E-state index in [1.165, 1.54) is 0 Å². The van der Waals surface area contributed by atoms with Crippen LogP contribution in [0.25, 0.3) is 0 Å². The van der Waals surface area contributed by atoms with Gasteiger partial charge in [-0.1, -0.05) is 12.1 Å². The molecule has 0 aliphatic heterocycles. The summed E-state index contributed by atoms with van der Waals surface area (Å²) in [6.07, 6.45) is 0.807. The van der Waals surface area contributed by atoms with Gasteiger partial charge in [-0.15, -0.1) is 0 Å². The van der Waals surface area contributed by atoms with Crippen LogP contribution in [0.4, 0.5) is 0 Å². The van der Waals surface area contributed by atoms with Crippen LogP contribution in [0, 0.1) is 0 Å². The average molecular weight is 196 g/mol. The molecule has 72 valence electrons. The smallest absolute Gasteiger partial charge is 0.118 e. The van der Waals surface area contributed by atoms with E-state index in [0.29, 0.717) is 0 Å². The topological polar surface area (TPSA) is 29.5 Å². The minimum absolute atomic E-state index is 0.764. The highest BCUT2D eigenvalue weighted by molar-refractivity contribution is 6.08. The number of rotatable bonds is 3. The summed E-state index contributed by atoms with van der Waals surface area (Å²) in [5.41, 5.74) is 0.146. The summed E-state index contributed by atoms with van der Waals surface area (Å²) in [7, 11) is 1.04. The normalized spacial score (nSPS) is 11.6. The molecule has 0 saturated carbocycles. The molecule has 1 N–H and O–H groups in total. The Morgan fingerprint density at radius 3 is 2.23 bits per heavy atom. The van der Waals surface area contributed by atoms with Crippen molar-refractivity contribution in [2.75, 3.05) is 6.23 Å². The SMILES string of the molecule is CC(C)(O)c1ccc(OC[SiH3])cc1. The highest BCUT2D eigenvalue weighted by atomic mass is 28.1. The van der Waals surface area contributed by atoms with Gasteiger partial charge in [0.15, 0.2) is 0 Å². The van der Waals surface area contributed by atoms with E-state index in [2.05, 4.69) is 0 Å². The van der Waals surface area contributed by atoms with Gasteiger partial charge >= 0.3 is 0 Å². The Morgan fingerprint density at radius 2 is 1.85 bits per heavy atom. The van der Waals surface area contributed by atoms with Gasteiger partial charge in [0.25, 0.3) is 0 Å². The molecule has 2 nitrogen and oxygen atoms in total. The van der Waals surface area contributed by atoms with E-state index >= 15 is 0 Å². The van der Waals surface area contributed by atoms with Crippen molar-refractivity contribution < 1.29 is 9.84 Å². The maximum absolute atomic E-state index is 9.68. The number of ether oxygens (including phenoxy) is 1. The van der Waals surface area contributed by atoms with Crippen LogP contribution in [-0.4, -0.2) is 21.6 Å². The van der Waals surface area contributed by atoms with E-state index in [-0.39, 0.29) is 0 Å². The Morgan fingerprint density at radius 1 is 1.31 bits per heavy atom. The first-order valence-corrected chi connectivity index (χ1v) is 5.91. The lowest BCUT2D eigenvalue weighted by Gasteiger charge is -2.17. The van der Waals surface area contributed by atoms with Crippen molar-refractivity contribution in [1.82, 2.24) is 0 Å². The summed E-state index contributed by atoms with van der Waals surface area (Å²) < 4.78 is 5.35. The van der Waals surface area contributed by atoms with Gasteiger partial charge in [-0.3, -0.25) is 0 Å². The fraction of sp³-hybridized carbons (Fsp3) is 0.400. The maximum Gasteiger partial charge on any atom is 0.118 e. The van der Waals surface area contributed by atoms with Crippen molar-refractivity contribution in [3.8, 4) is 5.75 Å². The zero-order chi connectivity index (χ0) is 9.90. The highest BCUT2D eigenvalue weighted by Crippen LogP contribution is 2.21. The molecule has 0 aliphatic carbocycles. The lowest BCUT2D eigenvalue weighted by molar-refractivity contribution is 0.0785. The van der Waals surface area contributed by atoms with Crippen molar-refractivity contribution in [3.05, 3.63) is 29.8 Å². The van der Waals surface area contributed by atoms with Gasteiger partial charge in [0.1, 0.15) is 5.75 Å². The van der Waals surface area contributed by atoms with Crippen LogP contribution < -0.4 is 4.74 Å². The molecule has 0 radical (unpaired) electrons. The summed E-state index contributed by atoms with van der Waals surface area (Å²) in [5, 5.41) is 9.68. The summed E-state index contributed by atoms with van der Waals surface area (Å²) >= 11 is 0. The van der Waals surface area contributed by atoms with E-state index in [0.717, 1.165) is 27.8 Å². The summed E-state index contributed by atoms with van der Waals surface area (Å²) in [6, 6.07) is 7.58. The van der Waals surface area contributed by atoms with Gasteiger partial charge in [0.05, 0.1) is 22.1 Å². The molecule has 1 rings (SSSR count). The molecule has 3 heteroatoms. The largest absolute Gasteiger partial charge is 0.498 e. The summed E-state index contributed by atoms with van der Waals surface area (Å²) in [6.45, 7) is 3.55. The third-order valence-corrected chi connectivity index (χ3v) is 2.16. The van der Waals surface area contributed by atoms with Gasteiger partial charge in [-0.2, -0.15) is 0 Å². The van der Waals surface area contributed by atoms with Crippen LogP contribution in [-0.2, 0) is 5.60 Å². The first-order chi connectivity index (χ1) is 6.04. The molecule has 0 spiro atoms. The predicted molar refractivity (Wildman–Crippen MR) is 57.1 cm³/mol. The molecule has 0 aromatic heterocycles. The lowest BCUT2D eigenvalue weighted by Crippen LogP contribution is -2.14. The van der Waals surface area contributed by atoms with Crippen LogP contribution in [0.3, 0.4) is 0 Å². The average Bonchev–Trinajstić information content (AvgIpc) is 2.04. The monoisotopic (exact) mass is 196 g/mol. The standard InChI is InChI=1S/C10H16O2Si/c1-10(2,11)8-3-5-9(6-4-8)12-7-13/h3-6,11H,7H2,1-2,13H3. The predicted octanol–water partition coefficient (Wildman–Crippen LogP) is 0.616. The third-order valence-electron chi connectivity index (χ3n) is 1.87. The Labute approximate surface area is 82.0 Å². The molecule has 0 fully saturated rings. The van der Waals surface area contributed by atoms with Crippen molar-refractivity contribution >= 4 is 10.2 Å².